The fraction of sp³-hybridized carbons (Fsp3) is 0.400. The number of H-pyrrole nitrogens is 1. The molecular weight excluding hydrogens is 312 g/mol. The van der Waals surface area contributed by atoms with Crippen molar-refractivity contribution in [2.45, 2.75) is 53.0 Å². The first-order chi connectivity index (χ1) is 12.1. The molecular formula is C20H26N4O. The third kappa shape index (κ3) is 3.76. The number of nitrogens with one attached hydrogen (secondary N) is 2. The van der Waals surface area contributed by atoms with Gasteiger partial charge in [0.1, 0.15) is 0 Å². The number of hydrogen-bond acceptors (Lipinski definition) is 2. The number of benzene rings is 1. The van der Waals surface area contributed by atoms with E-state index in [2.05, 4.69) is 34.5 Å². The maximum Gasteiger partial charge on any atom is 0.224 e. The van der Waals surface area contributed by atoms with E-state index in [4.69, 9.17) is 0 Å². The molecule has 3 rings (SSSR count). The van der Waals surface area contributed by atoms with Crippen molar-refractivity contribution in [3.8, 4) is 0 Å². The van der Waals surface area contributed by atoms with Crippen LogP contribution in [0.5, 0.6) is 0 Å². The number of fused-ring (bicyclic) bond motifs is 1. The van der Waals surface area contributed by atoms with Gasteiger partial charge in [-0.25, -0.2) is 0 Å². The van der Waals surface area contributed by atoms with E-state index in [0.29, 0.717) is 6.42 Å². The Hall–Kier alpha value is -2.56. The van der Waals surface area contributed by atoms with Gasteiger partial charge in [-0.2, -0.15) is 5.10 Å². The lowest BCUT2D eigenvalue weighted by Crippen LogP contribution is -2.13. The van der Waals surface area contributed by atoms with Crippen molar-refractivity contribution in [3.05, 3.63) is 47.4 Å². The normalized spacial score (nSPS) is 11.2. The molecule has 2 N–H and O–H groups in total. The van der Waals surface area contributed by atoms with Gasteiger partial charge in [0.2, 0.25) is 5.91 Å². The van der Waals surface area contributed by atoms with Crippen LogP contribution in [0.15, 0.2) is 30.5 Å². The van der Waals surface area contributed by atoms with E-state index in [0.717, 1.165) is 48.4 Å². The van der Waals surface area contributed by atoms with Crippen LogP contribution < -0.4 is 5.32 Å². The predicted octanol–water partition coefficient (Wildman–Crippen LogP) is 4.35. The average molecular weight is 338 g/mol. The molecule has 2 heterocycles. The van der Waals surface area contributed by atoms with E-state index in [-0.39, 0.29) is 5.91 Å². The van der Waals surface area contributed by atoms with Gasteiger partial charge in [-0.3, -0.25) is 9.48 Å². The molecule has 1 aromatic carbocycles. The Labute approximate surface area is 148 Å². The van der Waals surface area contributed by atoms with E-state index >= 15 is 0 Å². The standard InChI is InChI=1S/C20H26N4O/c1-4-12-24-15(3)20(14(2)23-24)22-19(25)11-7-8-16-13-21-18-10-6-5-9-17(16)18/h5-6,9-10,13,21H,4,7-8,11-12H2,1-3H3,(H,22,25). The van der Waals surface area contributed by atoms with Crippen molar-refractivity contribution >= 4 is 22.5 Å². The van der Waals surface area contributed by atoms with Gasteiger partial charge in [-0.1, -0.05) is 25.1 Å². The van der Waals surface area contributed by atoms with Crippen molar-refractivity contribution in [1.82, 2.24) is 14.8 Å². The molecule has 2 aromatic heterocycles. The minimum absolute atomic E-state index is 0.0575. The minimum Gasteiger partial charge on any atom is -0.361 e. The lowest BCUT2D eigenvalue weighted by Gasteiger charge is -2.06. The number of para-hydroxylation sites is 1. The number of amides is 1. The van der Waals surface area contributed by atoms with E-state index in [1.54, 1.807) is 0 Å². The van der Waals surface area contributed by atoms with Crippen molar-refractivity contribution in [1.29, 1.82) is 0 Å². The topological polar surface area (TPSA) is 62.7 Å². The molecule has 0 fully saturated rings. The number of carbonyl (C=O) groups excluding carboxylic acids is 1. The second-order valence-electron chi connectivity index (χ2n) is 6.53. The van der Waals surface area contributed by atoms with Crippen molar-refractivity contribution in [2.24, 2.45) is 0 Å². The van der Waals surface area contributed by atoms with Gasteiger partial charge in [0.15, 0.2) is 0 Å². The van der Waals surface area contributed by atoms with Crippen molar-refractivity contribution in [2.75, 3.05) is 5.32 Å². The molecule has 0 bridgehead atoms. The van der Waals surface area contributed by atoms with Gasteiger partial charge < -0.3 is 10.3 Å². The summed E-state index contributed by atoms with van der Waals surface area (Å²) in [5.41, 5.74) is 5.20. The van der Waals surface area contributed by atoms with Gasteiger partial charge in [0, 0.05) is 30.1 Å². The zero-order valence-electron chi connectivity index (χ0n) is 15.2. The molecule has 3 aromatic rings. The molecule has 0 aliphatic carbocycles. The summed E-state index contributed by atoms with van der Waals surface area (Å²) < 4.78 is 1.97. The Balaban J connectivity index is 1.57. The first kappa shape index (κ1) is 17.3. The van der Waals surface area contributed by atoms with Crippen LogP contribution >= 0.6 is 0 Å². The zero-order valence-corrected chi connectivity index (χ0v) is 15.2. The third-order valence-electron chi connectivity index (χ3n) is 4.61. The molecule has 0 saturated carbocycles. The minimum atomic E-state index is 0.0575. The Morgan fingerprint density at radius 1 is 1.28 bits per heavy atom. The van der Waals surface area contributed by atoms with E-state index in [9.17, 15) is 4.79 Å². The second-order valence-corrected chi connectivity index (χ2v) is 6.53. The van der Waals surface area contributed by atoms with Gasteiger partial charge in [-0.15, -0.1) is 0 Å². The van der Waals surface area contributed by atoms with Crippen LogP contribution in [0.3, 0.4) is 0 Å². The highest BCUT2D eigenvalue weighted by molar-refractivity contribution is 5.92. The highest BCUT2D eigenvalue weighted by atomic mass is 16.1. The Morgan fingerprint density at radius 2 is 2.08 bits per heavy atom. The molecule has 0 unspecified atom stereocenters. The molecule has 0 aliphatic rings. The summed E-state index contributed by atoms with van der Waals surface area (Å²) >= 11 is 0. The molecule has 132 valence electrons. The number of rotatable bonds is 7. The van der Waals surface area contributed by atoms with Crippen LogP contribution in [-0.2, 0) is 17.8 Å². The number of anilines is 1. The highest BCUT2D eigenvalue weighted by Gasteiger charge is 2.14. The van der Waals surface area contributed by atoms with Crippen molar-refractivity contribution in [3.63, 3.8) is 0 Å². The van der Waals surface area contributed by atoms with E-state index in [1.807, 2.05) is 36.9 Å². The smallest absolute Gasteiger partial charge is 0.224 e. The molecule has 0 atom stereocenters. The number of hydrogen-bond donors (Lipinski definition) is 2. The van der Waals surface area contributed by atoms with Crippen LogP contribution in [0.4, 0.5) is 5.69 Å². The lowest BCUT2D eigenvalue weighted by atomic mass is 10.1. The monoisotopic (exact) mass is 338 g/mol. The summed E-state index contributed by atoms with van der Waals surface area (Å²) in [5, 5.41) is 8.80. The van der Waals surface area contributed by atoms with E-state index < -0.39 is 0 Å². The Bertz CT molecular complexity index is 875. The van der Waals surface area contributed by atoms with Crippen LogP contribution in [-0.4, -0.2) is 20.7 Å². The fourth-order valence-electron chi connectivity index (χ4n) is 3.29. The predicted molar refractivity (Wildman–Crippen MR) is 102 cm³/mol. The molecule has 1 amide bonds. The number of carbonyl (C=O) groups is 1. The number of nitrogens with zero attached hydrogens (tertiary/aromatic N) is 2. The fourth-order valence-corrected chi connectivity index (χ4v) is 3.29. The van der Waals surface area contributed by atoms with Gasteiger partial charge >= 0.3 is 0 Å². The van der Waals surface area contributed by atoms with Crippen LogP contribution in [0, 0.1) is 13.8 Å². The van der Waals surface area contributed by atoms with Crippen LogP contribution in [0.2, 0.25) is 0 Å². The van der Waals surface area contributed by atoms with E-state index in [1.165, 1.54) is 10.9 Å². The molecule has 25 heavy (non-hydrogen) atoms. The van der Waals surface area contributed by atoms with Gasteiger partial charge in [-0.05, 0) is 44.7 Å². The highest BCUT2D eigenvalue weighted by Crippen LogP contribution is 2.21. The third-order valence-corrected chi connectivity index (χ3v) is 4.61. The molecule has 0 aliphatic heterocycles. The summed E-state index contributed by atoms with van der Waals surface area (Å²) in [6, 6.07) is 8.27. The first-order valence-electron chi connectivity index (χ1n) is 8.99. The van der Waals surface area contributed by atoms with Gasteiger partial charge in [0.25, 0.3) is 0 Å². The molecule has 0 saturated heterocycles. The van der Waals surface area contributed by atoms with Crippen LogP contribution in [0.25, 0.3) is 10.9 Å². The van der Waals surface area contributed by atoms with Gasteiger partial charge in [0.05, 0.1) is 17.1 Å². The summed E-state index contributed by atoms with van der Waals surface area (Å²) in [6.07, 6.45) is 5.31. The number of aryl methyl sites for hydroxylation is 3. The number of aromatic amines is 1. The SMILES string of the molecule is CCCn1nc(C)c(NC(=O)CCCc2c[nH]c3ccccc23)c1C. The molecule has 0 radical (unpaired) electrons. The maximum absolute atomic E-state index is 12.3. The summed E-state index contributed by atoms with van der Waals surface area (Å²) in [4.78, 5) is 15.6. The van der Waals surface area contributed by atoms with Crippen molar-refractivity contribution < 1.29 is 4.79 Å². The zero-order chi connectivity index (χ0) is 17.8. The summed E-state index contributed by atoms with van der Waals surface area (Å²) in [5.74, 6) is 0.0575. The van der Waals surface area contributed by atoms with Crippen LogP contribution in [0.1, 0.15) is 43.1 Å². The molecule has 5 heteroatoms. The summed E-state index contributed by atoms with van der Waals surface area (Å²) in [6.45, 7) is 6.96. The lowest BCUT2D eigenvalue weighted by molar-refractivity contribution is -0.116. The summed E-state index contributed by atoms with van der Waals surface area (Å²) in [7, 11) is 0. The molecule has 5 nitrogen and oxygen atoms in total. The first-order valence-corrected chi connectivity index (χ1v) is 8.99. The average Bonchev–Trinajstić information content (AvgIpc) is 3.12. The quantitative estimate of drug-likeness (QED) is 0.672. The largest absolute Gasteiger partial charge is 0.361 e. The molecule has 0 spiro atoms. The second kappa shape index (κ2) is 7.55. The maximum atomic E-state index is 12.3. The number of aromatic nitrogens is 3. The Kier molecular flexibility index (Phi) is 5.22. The Morgan fingerprint density at radius 3 is 2.88 bits per heavy atom.